The molecule has 0 atom stereocenters. The van der Waals surface area contributed by atoms with Crippen molar-refractivity contribution in [3.05, 3.63) is 61.8 Å². The first-order valence-corrected chi connectivity index (χ1v) is 8.25. The van der Waals surface area contributed by atoms with Gasteiger partial charge in [0.2, 0.25) is 5.91 Å². The molecule has 3 rings (SSSR count). The molecule has 0 aliphatic carbocycles. The molecule has 21 heavy (non-hydrogen) atoms. The maximum absolute atomic E-state index is 12.3. The predicted octanol–water partition coefficient (Wildman–Crippen LogP) is 4.65. The van der Waals surface area contributed by atoms with Crippen molar-refractivity contribution in [2.45, 2.75) is 13.0 Å². The molecule has 0 saturated carbocycles. The Hall–Kier alpha value is -1.29. The summed E-state index contributed by atoms with van der Waals surface area (Å²) in [7, 11) is 0. The van der Waals surface area contributed by atoms with E-state index in [1.165, 1.54) is 10.4 Å². The Morgan fingerprint density at radius 3 is 2.76 bits per heavy atom. The lowest BCUT2D eigenvalue weighted by molar-refractivity contribution is -0.126. The summed E-state index contributed by atoms with van der Waals surface area (Å²) in [4.78, 5) is 15.5. The number of benzene rings is 1. The van der Waals surface area contributed by atoms with E-state index in [2.05, 4.69) is 11.4 Å². The van der Waals surface area contributed by atoms with Crippen LogP contribution >= 0.6 is 34.5 Å². The number of amides is 1. The lowest BCUT2D eigenvalue weighted by Crippen LogP contribution is -2.34. The van der Waals surface area contributed by atoms with E-state index >= 15 is 0 Å². The molecule has 0 bridgehead atoms. The van der Waals surface area contributed by atoms with E-state index in [4.69, 9.17) is 23.2 Å². The molecule has 1 aliphatic rings. The maximum Gasteiger partial charge on any atom is 0.246 e. The van der Waals surface area contributed by atoms with Gasteiger partial charge in [0.1, 0.15) is 0 Å². The average Bonchev–Trinajstić information content (AvgIpc) is 2.93. The SMILES string of the molecule is O=C(/C=C/c1c(Cl)cccc1Cl)N1CCc2sccc2C1. The van der Waals surface area contributed by atoms with Gasteiger partial charge in [-0.1, -0.05) is 29.3 Å². The number of carbonyl (C=O) groups is 1. The molecule has 0 fully saturated rings. The monoisotopic (exact) mass is 337 g/mol. The first kappa shape index (κ1) is 14.6. The third-order valence-corrected chi connectivity index (χ3v) is 5.19. The highest BCUT2D eigenvalue weighted by Gasteiger charge is 2.19. The highest BCUT2D eigenvalue weighted by atomic mass is 35.5. The number of halogens is 2. The fourth-order valence-corrected chi connectivity index (χ4v) is 3.78. The standard InChI is InChI=1S/C16H13Cl2NOS/c17-13-2-1-3-14(18)12(13)4-5-16(20)19-8-6-15-11(10-19)7-9-21-15/h1-5,7,9H,6,8,10H2/b5-4+. The molecular formula is C16H13Cl2NOS. The van der Waals surface area contributed by atoms with Gasteiger partial charge >= 0.3 is 0 Å². The van der Waals surface area contributed by atoms with E-state index in [9.17, 15) is 4.79 Å². The van der Waals surface area contributed by atoms with Gasteiger partial charge in [0.25, 0.3) is 0 Å². The number of rotatable bonds is 2. The van der Waals surface area contributed by atoms with Crippen molar-refractivity contribution in [2.24, 2.45) is 0 Å². The van der Waals surface area contributed by atoms with Gasteiger partial charge in [0.05, 0.1) is 0 Å². The minimum atomic E-state index is -0.0113. The molecule has 0 spiro atoms. The van der Waals surface area contributed by atoms with Crippen molar-refractivity contribution in [3.63, 3.8) is 0 Å². The van der Waals surface area contributed by atoms with Crippen LogP contribution in [0.15, 0.2) is 35.7 Å². The molecule has 0 radical (unpaired) electrons. The highest BCUT2D eigenvalue weighted by Crippen LogP contribution is 2.26. The molecule has 2 aromatic rings. The van der Waals surface area contributed by atoms with Crippen LogP contribution in [-0.2, 0) is 17.8 Å². The van der Waals surface area contributed by atoms with Gasteiger partial charge in [-0.15, -0.1) is 11.3 Å². The number of thiophene rings is 1. The average molecular weight is 338 g/mol. The van der Waals surface area contributed by atoms with E-state index in [1.807, 2.05) is 4.90 Å². The summed E-state index contributed by atoms with van der Waals surface area (Å²) in [6, 6.07) is 7.40. The second kappa shape index (κ2) is 6.22. The summed E-state index contributed by atoms with van der Waals surface area (Å²) in [5.74, 6) is -0.0113. The van der Waals surface area contributed by atoms with Crippen LogP contribution in [0, 0.1) is 0 Å². The van der Waals surface area contributed by atoms with Crippen LogP contribution in [0.4, 0.5) is 0 Å². The summed E-state index contributed by atoms with van der Waals surface area (Å²) >= 11 is 13.9. The largest absolute Gasteiger partial charge is 0.334 e. The van der Waals surface area contributed by atoms with Crippen LogP contribution < -0.4 is 0 Å². The molecule has 1 aromatic carbocycles. The minimum absolute atomic E-state index is 0.0113. The summed E-state index contributed by atoms with van der Waals surface area (Å²) in [5.41, 5.74) is 1.94. The molecule has 5 heteroatoms. The normalized spacial score (nSPS) is 14.5. The molecule has 1 aromatic heterocycles. The Morgan fingerprint density at radius 1 is 1.24 bits per heavy atom. The van der Waals surface area contributed by atoms with Gasteiger partial charge in [-0.2, -0.15) is 0 Å². The third kappa shape index (κ3) is 3.15. The summed E-state index contributed by atoms with van der Waals surface area (Å²) < 4.78 is 0. The Kier molecular flexibility index (Phi) is 4.34. The number of hydrogen-bond donors (Lipinski definition) is 0. The highest BCUT2D eigenvalue weighted by molar-refractivity contribution is 7.10. The van der Waals surface area contributed by atoms with E-state index in [0.717, 1.165) is 13.0 Å². The predicted molar refractivity (Wildman–Crippen MR) is 88.9 cm³/mol. The van der Waals surface area contributed by atoms with Crippen LogP contribution in [-0.4, -0.2) is 17.4 Å². The number of carbonyl (C=O) groups excluding carboxylic acids is 1. The first-order chi connectivity index (χ1) is 10.1. The van der Waals surface area contributed by atoms with Gasteiger partial charge < -0.3 is 4.90 Å². The molecule has 1 amide bonds. The van der Waals surface area contributed by atoms with Crippen molar-refractivity contribution < 1.29 is 4.79 Å². The van der Waals surface area contributed by atoms with Crippen LogP contribution in [0.3, 0.4) is 0 Å². The van der Waals surface area contributed by atoms with Gasteiger partial charge in [-0.3, -0.25) is 4.79 Å². The molecule has 2 heterocycles. The molecule has 0 N–H and O–H groups in total. The zero-order valence-corrected chi connectivity index (χ0v) is 13.5. The van der Waals surface area contributed by atoms with Gasteiger partial charge in [0.15, 0.2) is 0 Å². The Bertz CT molecular complexity index is 688. The van der Waals surface area contributed by atoms with Crippen molar-refractivity contribution in [3.8, 4) is 0 Å². The van der Waals surface area contributed by atoms with Crippen molar-refractivity contribution in [2.75, 3.05) is 6.54 Å². The fourth-order valence-electron chi connectivity index (χ4n) is 2.37. The molecule has 108 valence electrons. The molecule has 0 unspecified atom stereocenters. The van der Waals surface area contributed by atoms with Crippen LogP contribution in [0.2, 0.25) is 10.0 Å². The Balaban J connectivity index is 1.74. The van der Waals surface area contributed by atoms with Crippen LogP contribution in [0.25, 0.3) is 6.08 Å². The van der Waals surface area contributed by atoms with Gasteiger partial charge in [0, 0.05) is 39.7 Å². The number of nitrogens with zero attached hydrogens (tertiary/aromatic N) is 1. The molecular weight excluding hydrogens is 325 g/mol. The van der Waals surface area contributed by atoms with Gasteiger partial charge in [-0.25, -0.2) is 0 Å². The Labute approximate surface area is 137 Å². The van der Waals surface area contributed by atoms with Crippen LogP contribution in [0.5, 0.6) is 0 Å². The van der Waals surface area contributed by atoms with E-state index < -0.39 is 0 Å². The van der Waals surface area contributed by atoms with Crippen molar-refractivity contribution in [1.29, 1.82) is 0 Å². The first-order valence-electron chi connectivity index (χ1n) is 6.61. The molecule has 2 nitrogen and oxygen atoms in total. The number of fused-ring (bicyclic) bond motifs is 1. The second-order valence-electron chi connectivity index (χ2n) is 4.85. The molecule has 1 aliphatic heterocycles. The van der Waals surface area contributed by atoms with Gasteiger partial charge in [-0.05, 0) is 41.6 Å². The Morgan fingerprint density at radius 2 is 2.00 bits per heavy atom. The summed E-state index contributed by atoms with van der Waals surface area (Å²) in [5, 5.41) is 3.17. The number of hydrogen-bond acceptors (Lipinski definition) is 2. The van der Waals surface area contributed by atoms with Crippen LogP contribution in [0.1, 0.15) is 16.0 Å². The maximum atomic E-state index is 12.3. The second-order valence-corrected chi connectivity index (χ2v) is 6.66. The quantitative estimate of drug-likeness (QED) is 0.730. The molecule has 0 saturated heterocycles. The zero-order valence-electron chi connectivity index (χ0n) is 11.2. The van der Waals surface area contributed by atoms with Crippen molar-refractivity contribution >= 4 is 46.5 Å². The smallest absolute Gasteiger partial charge is 0.246 e. The third-order valence-electron chi connectivity index (χ3n) is 3.51. The summed E-state index contributed by atoms with van der Waals surface area (Å²) in [6.07, 6.45) is 4.17. The lowest BCUT2D eigenvalue weighted by atomic mass is 10.1. The zero-order chi connectivity index (χ0) is 14.8. The van der Waals surface area contributed by atoms with E-state index in [1.54, 1.807) is 41.7 Å². The topological polar surface area (TPSA) is 20.3 Å². The van der Waals surface area contributed by atoms with Crippen molar-refractivity contribution in [1.82, 2.24) is 4.90 Å². The lowest BCUT2D eigenvalue weighted by Gasteiger charge is -2.25. The fraction of sp³-hybridized carbons (Fsp3) is 0.188. The van der Waals surface area contributed by atoms with E-state index in [-0.39, 0.29) is 5.91 Å². The minimum Gasteiger partial charge on any atom is -0.334 e. The summed E-state index contributed by atoms with van der Waals surface area (Å²) in [6.45, 7) is 1.44. The van der Waals surface area contributed by atoms with E-state index in [0.29, 0.717) is 22.2 Å².